The van der Waals surface area contributed by atoms with Gasteiger partial charge in [0.05, 0.1) is 18.8 Å². The fraction of sp³-hybridized carbons (Fsp3) is 0.286. The molecule has 0 unspecified atom stereocenters. The minimum atomic E-state index is -0.457. The molecule has 3 rings (SSSR count). The molecule has 0 fully saturated rings. The number of carbonyl (C=O) groups is 3. The van der Waals surface area contributed by atoms with Gasteiger partial charge in [0.25, 0.3) is 0 Å². The number of hydrogen-bond acceptors (Lipinski definition) is 6. The Morgan fingerprint density at radius 3 is 2.70 bits per heavy atom. The third-order valence-electron chi connectivity index (χ3n) is 4.22. The van der Waals surface area contributed by atoms with Crippen molar-refractivity contribution in [3.63, 3.8) is 0 Å². The lowest BCUT2D eigenvalue weighted by Gasteiger charge is -2.25. The lowest BCUT2D eigenvalue weighted by Crippen LogP contribution is -2.21. The third-order valence-corrected chi connectivity index (χ3v) is 5.51. The summed E-state index contributed by atoms with van der Waals surface area (Å²) in [7, 11) is 0. The molecule has 5 nitrogen and oxygen atoms in total. The maximum atomic E-state index is 12.5. The average molecular weight is 384 g/mol. The van der Waals surface area contributed by atoms with Gasteiger partial charge < -0.3 is 9.47 Å². The summed E-state index contributed by atoms with van der Waals surface area (Å²) in [5, 5.41) is 0. The number of thioether (sulfide) groups is 1. The van der Waals surface area contributed by atoms with Crippen LogP contribution in [0.5, 0.6) is 0 Å². The molecule has 1 aliphatic carbocycles. The summed E-state index contributed by atoms with van der Waals surface area (Å²) in [4.78, 5) is 37.9. The van der Waals surface area contributed by atoms with E-state index in [2.05, 4.69) is 6.58 Å². The Hall–Kier alpha value is -2.60. The number of allylic oxidation sites excluding steroid dienone is 2. The van der Waals surface area contributed by atoms with E-state index in [4.69, 9.17) is 9.47 Å². The monoisotopic (exact) mass is 384 g/mol. The summed E-state index contributed by atoms with van der Waals surface area (Å²) in [6, 6.07) is 7.88. The Morgan fingerprint density at radius 2 is 1.93 bits per heavy atom. The number of benzene rings is 1. The van der Waals surface area contributed by atoms with Crippen LogP contribution >= 0.6 is 11.8 Å². The highest BCUT2D eigenvalue weighted by Gasteiger charge is 2.31. The van der Waals surface area contributed by atoms with E-state index in [0.29, 0.717) is 34.5 Å². The first-order valence-electron chi connectivity index (χ1n) is 8.69. The molecule has 0 spiro atoms. The first kappa shape index (κ1) is 19.2. The molecule has 6 heteroatoms. The molecular weight excluding hydrogens is 364 g/mol. The average Bonchev–Trinajstić information content (AvgIpc) is 2.66. The van der Waals surface area contributed by atoms with Gasteiger partial charge in [-0.2, -0.15) is 0 Å². The maximum absolute atomic E-state index is 12.5. The molecule has 0 saturated heterocycles. The normalized spacial score (nSPS) is 15.4. The molecular formula is C21H20O5S. The van der Waals surface area contributed by atoms with Crippen LogP contribution in [0, 0.1) is 0 Å². The SMILES string of the molecule is C=C(C)C(=O)OCCCOC(=O)C1=CCC(=O)C2=C1Sc1ccccc1C2. The maximum Gasteiger partial charge on any atom is 0.338 e. The lowest BCUT2D eigenvalue weighted by atomic mass is 9.92. The molecule has 0 N–H and O–H groups in total. The number of fused-ring (bicyclic) bond motifs is 1. The van der Waals surface area contributed by atoms with E-state index in [-0.39, 0.29) is 25.4 Å². The molecule has 0 atom stereocenters. The van der Waals surface area contributed by atoms with Gasteiger partial charge in [0.15, 0.2) is 5.78 Å². The van der Waals surface area contributed by atoms with Crippen LogP contribution in [0.3, 0.4) is 0 Å². The molecule has 2 aliphatic rings. The fourth-order valence-electron chi connectivity index (χ4n) is 2.81. The Morgan fingerprint density at radius 1 is 1.19 bits per heavy atom. The van der Waals surface area contributed by atoms with Gasteiger partial charge >= 0.3 is 11.9 Å². The topological polar surface area (TPSA) is 69.7 Å². The van der Waals surface area contributed by atoms with Crippen molar-refractivity contribution < 1.29 is 23.9 Å². The zero-order valence-electron chi connectivity index (χ0n) is 15.1. The minimum absolute atomic E-state index is 0.0512. The van der Waals surface area contributed by atoms with Gasteiger partial charge in [-0.05, 0) is 18.6 Å². The summed E-state index contributed by atoms with van der Waals surface area (Å²) in [5.74, 6) is -0.856. The van der Waals surface area contributed by atoms with E-state index >= 15 is 0 Å². The van der Waals surface area contributed by atoms with Gasteiger partial charge in [-0.3, -0.25) is 4.79 Å². The van der Waals surface area contributed by atoms with Crippen LogP contribution in [0.1, 0.15) is 25.3 Å². The van der Waals surface area contributed by atoms with Crippen LogP contribution in [0.2, 0.25) is 0 Å². The summed E-state index contributed by atoms with van der Waals surface area (Å²) in [5.41, 5.74) is 2.56. The van der Waals surface area contributed by atoms with Crippen LogP contribution in [0.4, 0.5) is 0 Å². The number of hydrogen-bond donors (Lipinski definition) is 0. The van der Waals surface area contributed by atoms with Gasteiger partial charge in [0.1, 0.15) is 0 Å². The van der Waals surface area contributed by atoms with Crippen molar-refractivity contribution in [2.45, 2.75) is 31.1 Å². The smallest absolute Gasteiger partial charge is 0.338 e. The minimum Gasteiger partial charge on any atom is -0.462 e. The molecule has 1 aromatic carbocycles. The Labute approximate surface area is 162 Å². The number of carbonyl (C=O) groups excluding carboxylic acids is 3. The van der Waals surface area contributed by atoms with Crippen LogP contribution in [-0.4, -0.2) is 30.9 Å². The molecule has 1 heterocycles. The second-order valence-corrected chi connectivity index (χ2v) is 7.40. The van der Waals surface area contributed by atoms with E-state index < -0.39 is 11.9 Å². The van der Waals surface area contributed by atoms with Crippen molar-refractivity contribution in [1.82, 2.24) is 0 Å². The van der Waals surface area contributed by atoms with Gasteiger partial charge in [-0.1, -0.05) is 42.6 Å². The molecule has 0 radical (unpaired) electrons. The van der Waals surface area contributed by atoms with Crippen LogP contribution in [-0.2, 0) is 30.3 Å². The predicted molar refractivity (Wildman–Crippen MR) is 102 cm³/mol. The molecule has 0 bridgehead atoms. The quantitative estimate of drug-likeness (QED) is 0.424. The highest BCUT2D eigenvalue weighted by atomic mass is 32.2. The van der Waals surface area contributed by atoms with Gasteiger partial charge in [0.2, 0.25) is 0 Å². The third kappa shape index (κ3) is 4.39. The van der Waals surface area contributed by atoms with Gasteiger partial charge in [-0.25, -0.2) is 9.59 Å². The summed E-state index contributed by atoms with van der Waals surface area (Å²) < 4.78 is 10.3. The first-order chi connectivity index (χ1) is 13.0. The van der Waals surface area contributed by atoms with E-state index in [0.717, 1.165) is 10.5 Å². The van der Waals surface area contributed by atoms with E-state index in [9.17, 15) is 14.4 Å². The largest absolute Gasteiger partial charge is 0.462 e. The molecule has 27 heavy (non-hydrogen) atoms. The Balaban J connectivity index is 1.60. The summed E-state index contributed by atoms with van der Waals surface area (Å²) in [6.07, 6.45) is 2.80. The number of Topliss-reactive ketones (excluding diaryl/α,β-unsaturated/α-hetero) is 1. The fourth-order valence-corrected chi connectivity index (χ4v) is 4.03. The molecule has 140 valence electrons. The van der Waals surface area contributed by atoms with Crippen LogP contribution < -0.4 is 0 Å². The summed E-state index contributed by atoms with van der Waals surface area (Å²) in [6.45, 7) is 5.37. The van der Waals surface area contributed by atoms with Crippen molar-refractivity contribution in [3.8, 4) is 0 Å². The second-order valence-electron chi connectivity index (χ2n) is 6.35. The predicted octanol–water partition coefficient (Wildman–Crippen LogP) is 3.54. The Bertz CT molecular complexity index is 878. The molecule has 1 aromatic rings. The van der Waals surface area contributed by atoms with Crippen molar-refractivity contribution in [2.75, 3.05) is 13.2 Å². The zero-order chi connectivity index (χ0) is 19.4. The van der Waals surface area contributed by atoms with E-state index in [1.54, 1.807) is 13.0 Å². The van der Waals surface area contributed by atoms with E-state index in [1.165, 1.54) is 11.8 Å². The van der Waals surface area contributed by atoms with Gasteiger partial charge in [0, 0.05) is 40.2 Å². The number of esters is 2. The standard InChI is InChI=1S/C21H20O5S/c1-13(2)20(23)25-10-5-11-26-21(24)15-8-9-17(22)16-12-14-6-3-4-7-18(14)27-19(15)16/h3-4,6-8H,1,5,9-12H2,2H3. The Kier molecular flexibility index (Phi) is 5.96. The van der Waals surface area contributed by atoms with E-state index in [1.807, 2.05) is 24.3 Å². The molecule has 0 amide bonds. The lowest BCUT2D eigenvalue weighted by molar-refractivity contribution is -0.141. The van der Waals surface area contributed by atoms with Crippen LogP contribution in [0.25, 0.3) is 0 Å². The van der Waals surface area contributed by atoms with Crippen LogP contribution in [0.15, 0.2) is 63.4 Å². The van der Waals surface area contributed by atoms with Crippen molar-refractivity contribution in [1.29, 1.82) is 0 Å². The number of rotatable bonds is 6. The molecule has 1 aliphatic heterocycles. The van der Waals surface area contributed by atoms with Crippen molar-refractivity contribution >= 4 is 29.5 Å². The highest BCUT2D eigenvalue weighted by molar-refractivity contribution is 8.03. The van der Waals surface area contributed by atoms with Crippen molar-refractivity contribution in [3.05, 3.63) is 64.1 Å². The highest BCUT2D eigenvalue weighted by Crippen LogP contribution is 2.44. The second kappa shape index (κ2) is 8.39. The first-order valence-corrected chi connectivity index (χ1v) is 9.51. The number of ether oxygens (including phenoxy) is 2. The van der Waals surface area contributed by atoms with Gasteiger partial charge in [-0.15, -0.1) is 0 Å². The molecule has 0 saturated carbocycles. The number of ketones is 1. The summed E-state index contributed by atoms with van der Waals surface area (Å²) >= 11 is 1.44. The molecule has 0 aromatic heterocycles. The van der Waals surface area contributed by atoms with Crippen molar-refractivity contribution in [2.24, 2.45) is 0 Å². The zero-order valence-corrected chi connectivity index (χ0v) is 15.9.